The van der Waals surface area contributed by atoms with E-state index < -0.39 is 31.7 Å². The molecule has 0 atom stereocenters. The van der Waals surface area contributed by atoms with Crippen molar-refractivity contribution in [2.45, 2.75) is 41.5 Å². The van der Waals surface area contributed by atoms with Gasteiger partial charge in [-0.05, 0) is 45.0 Å². The number of rotatable bonds is 6. The molecule has 0 amide bonds. The first-order chi connectivity index (χ1) is 17.3. The standard InChI is InChI=1S/C26H30F2N4S4/c1-7-35(8-2,9-3)15-13-17-21(27)19-20(25-23(17)29-33-31-25)22(28)18(24-26(19)32-34-30-24)14-16-36(10-4,11-5)12-6/h7-12H2,1-6H3. The Morgan fingerprint density at radius 2 is 0.861 bits per heavy atom. The molecule has 0 saturated carbocycles. The van der Waals surface area contributed by atoms with Crippen LogP contribution < -0.4 is 0 Å². The fourth-order valence-corrected chi connectivity index (χ4v) is 9.43. The highest BCUT2D eigenvalue weighted by molar-refractivity contribution is 8.37. The van der Waals surface area contributed by atoms with E-state index in [1.807, 2.05) is 0 Å². The quantitative estimate of drug-likeness (QED) is 0.228. The number of hydrogen-bond acceptors (Lipinski definition) is 6. The number of halogens is 2. The molecule has 4 nitrogen and oxygen atoms in total. The van der Waals surface area contributed by atoms with E-state index in [1.54, 1.807) is 0 Å². The summed E-state index contributed by atoms with van der Waals surface area (Å²) in [6, 6.07) is 0. The van der Waals surface area contributed by atoms with Gasteiger partial charge in [-0.25, -0.2) is 8.78 Å². The molecular formula is C26H30F2N4S4. The first-order valence-electron chi connectivity index (χ1n) is 12.1. The fraction of sp³-hybridized carbons (Fsp3) is 0.462. The van der Waals surface area contributed by atoms with Crippen LogP contribution in [0.1, 0.15) is 52.7 Å². The second-order valence-electron chi connectivity index (χ2n) is 8.33. The molecule has 0 spiro atoms. The summed E-state index contributed by atoms with van der Waals surface area (Å²) in [5.41, 5.74) is 1.53. The lowest BCUT2D eigenvalue weighted by Crippen LogP contribution is -2.06. The van der Waals surface area contributed by atoms with Crippen molar-refractivity contribution in [1.29, 1.82) is 0 Å². The Bertz CT molecular complexity index is 1430. The van der Waals surface area contributed by atoms with Crippen LogP contribution in [0, 0.1) is 34.0 Å². The van der Waals surface area contributed by atoms with Crippen molar-refractivity contribution >= 4 is 76.4 Å². The summed E-state index contributed by atoms with van der Waals surface area (Å²) in [5, 5.41) is 6.92. The monoisotopic (exact) mass is 564 g/mol. The Kier molecular flexibility index (Phi) is 8.11. The van der Waals surface area contributed by atoms with Gasteiger partial charge >= 0.3 is 0 Å². The van der Waals surface area contributed by atoms with Crippen molar-refractivity contribution < 1.29 is 8.78 Å². The van der Waals surface area contributed by atoms with Gasteiger partial charge in [0.25, 0.3) is 0 Å². The van der Waals surface area contributed by atoms with Crippen LogP contribution in [0.3, 0.4) is 0 Å². The first-order valence-corrected chi connectivity index (χ1v) is 17.9. The van der Waals surface area contributed by atoms with E-state index in [-0.39, 0.29) is 21.9 Å². The third kappa shape index (κ3) is 4.36. The van der Waals surface area contributed by atoms with E-state index in [2.05, 4.69) is 81.4 Å². The number of hydrogen-bond donors (Lipinski definition) is 0. The molecule has 36 heavy (non-hydrogen) atoms. The van der Waals surface area contributed by atoms with Gasteiger partial charge in [0.2, 0.25) is 0 Å². The summed E-state index contributed by atoms with van der Waals surface area (Å²) in [5.74, 6) is 10.6. The van der Waals surface area contributed by atoms with Gasteiger partial charge in [0.05, 0.1) is 45.4 Å². The largest absolute Gasteiger partial charge is 0.205 e. The Balaban J connectivity index is 2.10. The second-order valence-corrected chi connectivity index (χ2v) is 17.4. The van der Waals surface area contributed by atoms with Crippen LogP contribution in [0.15, 0.2) is 0 Å². The number of fused-ring (bicyclic) bond motifs is 5. The zero-order valence-electron chi connectivity index (χ0n) is 21.4. The summed E-state index contributed by atoms with van der Waals surface area (Å²) >= 11 is 1.86. The molecular weight excluding hydrogens is 535 g/mol. The van der Waals surface area contributed by atoms with Crippen molar-refractivity contribution in [3.05, 3.63) is 22.8 Å². The van der Waals surface area contributed by atoms with E-state index in [1.165, 1.54) is 0 Å². The van der Waals surface area contributed by atoms with Gasteiger partial charge in [0, 0.05) is 0 Å². The van der Waals surface area contributed by atoms with Crippen molar-refractivity contribution in [2.24, 2.45) is 0 Å². The van der Waals surface area contributed by atoms with Crippen molar-refractivity contribution in [1.82, 2.24) is 17.5 Å². The first kappa shape index (κ1) is 27.1. The molecule has 4 rings (SSSR count). The predicted octanol–water partition coefficient (Wildman–Crippen LogP) is 7.47. The molecule has 0 N–H and O–H groups in total. The molecule has 0 fully saturated rings. The normalized spacial score (nSPS) is 13.0. The molecule has 0 bridgehead atoms. The Labute approximate surface area is 222 Å². The van der Waals surface area contributed by atoms with Crippen LogP contribution in [0.4, 0.5) is 8.78 Å². The minimum Gasteiger partial charge on any atom is -0.205 e. The van der Waals surface area contributed by atoms with Crippen LogP contribution >= 0.6 is 43.5 Å². The van der Waals surface area contributed by atoms with Gasteiger partial charge in [0.15, 0.2) is 11.6 Å². The lowest BCUT2D eigenvalue weighted by molar-refractivity contribution is 0.628. The van der Waals surface area contributed by atoms with Gasteiger partial charge in [-0.1, -0.05) is 53.4 Å². The van der Waals surface area contributed by atoms with Crippen LogP contribution in [0.5, 0.6) is 0 Å². The summed E-state index contributed by atoms with van der Waals surface area (Å²) in [7, 11) is -2.39. The predicted molar refractivity (Wildman–Crippen MR) is 158 cm³/mol. The van der Waals surface area contributed by atoms with Gasteiger partial charge in [-0.3, -0.25) is 0 Å². The van der Waals surface area contributed by atoms with Gasteiger partial charge in [-0.2, -0.15) is 37.6 Å². The highest BCUT2D eigenvalue weighted by Gasteiger charge is 2.27. The van der Waals surface area contributed by atoms with Crippen LogP contribution in [0.2, 0.25) is 0 Å². The highest BCUT2D eigenvalue weighted by atomic mass is 32.3. The Morgan fingerprint density at radius 1 is 0.556 bits per heavy atom. The smallest absolute Gasteiger partial charge is 0.151 e. The third-order valence-corrected chi connectivity index (χ3v) is 15.9. The molecule has 4 aromatic rings. The summed E-state index contributed by atoms with van der Waals surface area (Å²) in [6.45, 7) is 12.8. The Hall–Kier alpha value is -1.98. The second kappa shape index (κ2) is 10.8. The summed E-state index contributed by atoms with van der Waals surface area (Å²) < 4.78 is 49.8. The average molecular weight is 565 g/mol. The van der Waals surface area contributed by atoms with Crippen molar-refractivity contribution in [3.8, 4) is 22.3 Å². The summed E-state index contributed by atoms with van der Waals surface area (Å²) in [4.78, 5) is 0. The maximum Gasteiger partial charge on any atom is 0.151 e. The molecule has 0 aliphatic carbocycles. The molecule has 0 aliphatic rings. The molecule has 10 heteroatoms. The third-order valence-electron chi connectivity index (χ3n) is 7.15. The van der Waals surface area contributed by atoms with Gasteiger partial charge in [0.1, 0.15) is 22.1 Å². The zero-order chi connectivity index (χ0) is 26.1. The number of aromatic nitrogens is 4. The number of nitrogens with zero attached hydrogens (tertiary/aromatic N) is 4. The Morgan fingerprint density at radius 3 is 1.17 bits per heavy atom. The van der Waals surface area contributed by atoms with Crippen LogP contribution in [0.25, 0.3) is 32.8 Å². The van der Waals surface area contributed by atoms with E-state index in [0.29, 0.717) is 22.1 Å². The van der Waals surface area contributed by atoms with Crippen molar-refractivity contribution in [3.63, 3.8) is 0 Å². The van der Waals surface area contributed by atoms with Gasteiger partial charge in [-0.15, -0.1) is 0 Å². The van der Waals surface area contributed by atoms with Crippen LogP contribution in [-0.2, 0) is 0 Å². The molecule has 2 aromatic carbocycles. The van der Waals surface area contributed by atoms with Crippen LogP contribution in [-0.4, -0.2) is 52.0 Å². The maximum atomic E-state index is 16.2. The molecule has 0 aliphatic heterocycles. The summed E-state index contributed by atoms with van der Waals surface area (Å²) in [6.07, 6.45) is 0. The molecule has 2 aromatic heterocycles. The van der Waals surface area contributed by atoms with Crippen molar-refractivity contribution in [2.75, 3.05) is 34.5 Å². The topological polar surface area (TPSA) is 51.6 Å². The lowest BCUT2D eigenvalue weighted by Gasteiger charge is -2.30. The SMILES string of the molecule is CCS(C#Cc1c(F)c2c3nsnc3c(C#CS(CC)(CC)CC)c(F)c2c2nsnc12)(CC)CC. The molecule has 192 valence electrons. The van der Waals surface area contributed by atoms with E-state index in [0.717, 1.165) is 58.0 Å². The van der Waals surface area contributed by atoms with E-state index in [4.69, 9.17) is 0 Å². The maximum absolute atomic E-state index is 16.2. The zero-order valence-corrected chi connectivity index (χ0v) is 24.7. The number of benzene rings is 2. The fourth-order valence-electron chi connectivity index (χ4n) is 4.36. The minimum atomic E-state index is -1.19. The molecule has 0 saturated heterocycles. The lowest BCUT2D eigenvalue weighted by atomic mass is 9.98. The van der Waals surface area contributed by atoms with E-state index in [9.17, 15) is 0 Å². The molecule has 0 radical (unpaired) electrons. The average Bonchev–Trinajstić information content (AvgIpc) is 3.58. The highest BCUT2D eigenvalue weighted by Crippen LogP contribution is 2.47. The minimum absolute atomic E-state index is 0.0662. The van der Waals surface area contributed by atoms with E-state index >= 15 is 8.78 Å². The van der Waals surface area contributed by atoms with Gasteiger partial charge < -0.3 is 0 Å². The molecule has 0 unspecified atom stereocenters. The molecule has 2 heterocycles.